The monoisotopic (exact) mass is 392 g/mol. The van der Waals surface area contributed by atoms with E-state index in [0.29, 0.717) is 12.8 Å². The van der Waals surface area contributed by atoms with Gasteiger partial charge in [-0.1, -0.05) is 24.3 Å². The molecule has 0 spiro atoms. The second-order valence-corrected chi connectivity index (χ2v) is 8.22. The number of ether oxygens (including phenoxy) is 2. The number of carbonyl (C=O) groups excluding carboxylic acids is 2. The molecule has 1 heterocycles. The average molecular weight is 392 g/mol. The van der Waals surface area contributed by atoms with Crippen molar-refractivity contribution >= 4 is 11.9 Å². The van der Waals surface area contributed by atoms with Gasteiger partial charge in [0.15, 0.2) is 6.10 Å². The molecule has 1 aliphatic carbocycles. The molecule has 0 aromatic heterocycles. The lowest BCUT2D eigenvalue weighted by molar-refractivity contribution is -0.158. The summed E-state index contributed by atoms with van der Waals surface area (Å²) in [5.74, 6) is -1.59. The minimum atomic E-state index is -1.32. The summed E-state index contributed by atoms with van der Waals surface area (Å²) in [6.07, 6.45) is 4.19. The molecule has 0 radical (unpaired) electrons. The first-order chi connectivity index (χ1) is 13.0. The fourth-order valence-electron chi connectivity index (χ4n) is 3.80. The van der Waals surface area contributed by atoms with Crippen molar-refractivity contribution < 1.29 is 29.3 Å². The van der Waals surface area contributed by atoms with E-state index < -0.39 is 41.8 Å². The fraction of sp³-hybridized carbons (Fsp3) is 0.636. The lowest BCUT2D eigenvalue weighted by Gasteiger charge is -2.33. The maximum atomic E-state index is 12.2. The van der Waals surface area contributed by atoms with Crippen LogP contribution in [0.2, 0.25) is 0 Å². The van der Waals surface area contributed by atoms with E-state index in [1.54, 1.807) is 6.92 Å². The predicted octanol–water partition coefficient (Wildman–Crippen LogP) is 2.98. The third kappa shape index (κ3) is 5.32. The number of hydrogen-bond donors (Lipinski definition) is 2. The topological polar surface area (TPSA) is 93.1 Å². The van der Waals surface area contributed by atoms with Crippen molar-refractivity contribution in [3.63, 3.8) is 0 Å². The number of carbonyl (C=O) groups is 2. The summed E-state index contributed by atoms with van der Waals surface area (Å²) in [7, 11) is 0. The zero-order valence-electron chi connectivity index (χ0n) is 17.2. The molecule has 0 aromatic carbocycles. The third-order valence-corrected chi connectivity index (χ3v) is 5.73. The van der Waals surface area contributed by atoms with Crippen molar-refractivity contribution in [3.8, 4) is 0 Å². The highest BCUT2D eigenvalue weighted by Gasteiger charge is 2.47. The molecule has 1 aliphatic heterocycles. The maximum absolute atomic E-state index is 12.2. The van der Waals surface area contributed by atoms with Gasteiger partial charge in [0.05, 0.1) is 11.7 Å². The normalized spacial score (nSPS) is 38.9. The first-order valence-electron chi connectivity index (χ1n) is 9.82. The van der Waals surface area contributed by atoms with Crippen LogP contribution in [-0.4, -0.2) is 46.1 Å². The van der Waals surface area contributed by atoms with Crippen LogP contribution in [0.5, 0.6) is 0 Å². The van der Waals surface area contributed by atoms with Crippen LogP contribution in [-0.2, 0) is 19.1 Å². The summed E-state index contributed by atoms with van der Waals surface area (Å²) >= 11 is 0. The molecule has 0 unspecified atom stereocenters. The average Bonchev–Trinajstić information content (AvgIpc) is 2.86. The summed E-state index contributed by atoms with van der Waals surface area (Å²) in [6.45, 7) is 10.6. The van der Waals surface area contributed by atoms with Crippen LogP contribution in [0.3, 0.4) is 0 Å². The zero-order chi connectivity index (χ0) is 21.1. The van der Waals surface area contributed by atoms with Crippen LogP contribution in [0.15, 0.2) is 35.5 Å². The number of aliphatic hydroxyl groups is 2. The van der Waals surface area contributed by atoms with E-state index >= 15 is 0 Å². The van der Waals surface area contributed by atoms with Crippen molar-refractivity contribution in [3.05, 3.63) is 35.5 Å². The molecule has 2 rings (SSSR count). The number of rotatable bonds is 1. The maximum Gasteiger partial charge on any atom is 0.334 e. The Balaban J connectivity index is 2.43. The van der Waals surface area contributed by atoms with E-state index in [4.69, 9.17) is 9.47 Å². The van der Waals surface area contributed by atoms with Crippen molar-refractivity contribution in [2.24, 2.45) is 5.92 Å². The molecule has 2 N–H and O–H groups in total. The Kier molecular flexibility index (Phi) is 7.23. The molecule has 0 amide bonds. The molecule has 0 aromatic rings. The standard InChI is InChI=1S/C22H32O6/c1-13-8-6-10-14(2)19(27-16(4)23)20-17(15(3)21(25)28-20)12-18(24)22(5,26)11-7-9-13/h9-10,17-20,24,26H,3,6-8,11-12H2,1-2,4-5H3/b13-9-,14-10-/t17-,18-,19+,20-,22+/m1/s1. The van der Waals surface area contributed by atoms with Gasteiger partial charge in [-0.3, -0.25) is 4.79 Å². The van der Waals surface area contributed by atoms with Crippen LogP contribution < -0.4 is 0 Å². The Morgan fingerprint density at radius 3 is 2.64 bits per heavy atom. The molecule has 0 bridgehead atoms. The molecule has 2 aliphatic rings. The highest BCUT2D eigenvalue weighted by Crippen LogP contribution is 2.38. The van der Waals surface area contributed by atoms with Gasteiger partial charge in [0, 0.05) is 18.4 Å². The molecule has 1 fully saturated rings. The highest BCUT2D eigenvalue weighted by atomic mass is 16.6. The van der Waals surface area contributed by atoms with Crippen LogP contribution in [0, 0.1) is 5.92 Å². The minimum absolute atomic E-state index is 0.0932. The van der Waals surface area contributed by atoms with E-state index in [-0.39, 0.29) is 12.0 Å². The van der Waals surface area contributed by atoms with Crippen LogP contribution >= 0.6 is 0 Å². The number of fused-ring (bicyclic) bond motifs is 1. The number of allylic oxidation sites excluding steroid dienone is 3. The van der Waals surface area contributed by atoms with E-state index in [0.717, 1.165) is 18.4 Å². The summed E-state index contributed by atoms with van der Waals surface area (Å²) in [6, 6.07) is 0. The van der Waals surface area contributed by atoms with Gasteiger partial charge in [0.2, 0.25) is 0 Å². The minimum Gasteiger partial charge on any atom is -0.454 e. The molecule has 5 atom stereocenters. The van der Waals surface area contributed by atoms with Crippen molar-refractivity contribution in [2.45, 2.75) is 83.7 Å². The summed E-state index contributed by atoms with van der Waals surface area (Å²) < 4.78 is 11.0. The van der Waals surface area contributed by atoms with Gasteiger partial charge in [-0.05, 0) is 58.4 Å². The Hall–Kier alpha value is -1.92. The Morgan fingerprint density at radius 2 is 2.00 bits per heavy atom. The lowest BCUT2D eigenvalue weighted by atomic mass is 9.80. The largest absolute Gasteiger partial charge is 0.454 e. The lowest BCUT2D eigenvalue weighted by Crippen LogP contribution is -2.43. The van der Waals surface area contributed by atoms with Gasteiger partial charge in [-0.2, -0.15) is 0 Å². The number of hydrogen-bond acceptors (Lipinski definition) is 6. The first-order valence-corrected chi connectivity index (χ1v) is 9.82. The predicted molar refractivity (Wildman–Crippen MR) is 105 cm³/mol. The molecular formula is C22H32O6. The number of esters is 2. The Labute approximate surface area is 166 Å². The van der Waals surface area contributed by atoms with Gasteiger partial charge in [-0.15, -0.1) is 0 Å². The van der Waals surface area contributed by atoms with Gasteiger partial charge in [0.25, 0.3) is 0 Å². The number of aliphatic hydroxyl groups excluding tert-OH is 1. The van der Waals surface area contributed by atoms with E-state index in [1.807, 2.05) is 19.9 Å². The van der Waals surface area contributed by atoms with Crippen LogP contribution in [0.25, 0.3) is 0 Å². The Bertz CT molecular complexity index is 687. The van der Waals surface area contributed by atoms with Crippen molar-refractivity contribution in [1.82, 2.24) is 0 Å². The molecular weight excluding hydrogens is 360 g/mol. The quantitative estimate of drug-likeness (QED) is 0.405. The Morgan fingerprint density at radius 1 is 1.32 bits per heavy atom. The van der Waals surface area contributed by atoms with Crippen LogP contribution in [0.4, 0.5) is 0 Å². The zero-order valence-corrected chi connectivity index (χ0v) is 17.2. The third-order valence-electron chi connectivity index (χ3n) is 5.73. The smallest absolute Gasteiger partial charge is 0.334 e. The molecule has 1 saturated heterocycles. The van der Waals surface area contributed by atoms with Crippen LogP contribution in [0.1, 0.15) is 59.8 Å². The van der Waals surface area contributed by atoms with Gasteiger partial charge in [0.1, 0.15) is 6.10 Å². The molecule has 28 heavy (non-hydrogen) atoms. The SMILES string of the molecule is C=C1C(=O)O[C@@H]2[C@@H]1C[C@@H](O)[C@@](C)(O)CC/C=C(/C)CC/C=C(/C)[C@@H]2OC(C)=O. The van der Waals surface area contributed by atoms with Crippen molar-refractivity contribution in [1.29, 1.82) is 0 Å². The fourth-order valence-corrected chi connectivity index (χ4v) is 3.80. The molecule has 6 nitrogen and oxygen atoms in total. The van der Waals surface area contributed by atoms with Gasteiger partial charge in [-0.25, -0.2) is 4.79 Å². The van der Waals surface area contributed by atoms with E-state index in [9.17, 15) is 19.8 Å². The molecule has 0 saturated carbocycles. The first kappa shape index (κ1) is 22.4. The van der Waals surface area contributed by atoms with Crippen molar-refractivity contribution in [2.75, 3.05) is 0 Å². The summed E-state index contributed by atoms with van der Waals surface area (Å²) in [4.78, 5) is 23.9. The summed E-state index contributed by atoms with van der Waals surface area (Å²) in [5, 5.41) is 21.4. The van der Waals surface area contributed by atoms with E-state index in [1.165, 1.54) is 12.5 Å². The van der Waals surface area contributed by atoms with Gasteiger partial charge < -0.3 is 19.7 Å². The molecule has 6 heteroatoms. The second-order valence-electron chi connectivity index (χ2n) is 8.22. The van der Waals surface area contributed by atoms with E-state index in [2.05, 4.69) is 12.7 Å². The highest BCUT2D eigenvalue weighted by molar-refractivity contribution is 5.91. The molecule has 156 valence electrons. The van der Waals surface area contributed by atoms with Gasteiger partial charge >= 0.3 is 11.9 Å². The second kappa shape index (κ2) is 9.05. The summed E-state index contributed by atoms with van der Waals surface area (Å²) in [5.41, 5.74) is 0.888.